The van der Waals surface area contributed by atoms with E-state index in [1.165, 1.54) is 47.5 Å². The largest absolute Gasteiger partial charge is 0.246 e. The highest BCUT2D eigenvalue weighted by atomic mass is 32.1. The highest BCUT2D eigenvalue weighted by Gasteiger charge is 2.14. The van der Waals surface area contributed by atoms with E-state index in [9.17, 15) is 0 Å². The maximum atomic E-state index is 5.15. The molecule has 3 nitrogen and oxygen atoms in total. The predicted molar refractivity (Wildman–Crippen MR) is 232 cm³/mol. The van der Waals surface area contributed by atoms with Crippen molar-refractivity contribution >= 4 is 64.1 Å². The van der Waals surface area contributed by atoms with Gasteiger partial charge in [-0.05, 0) is 86.3 Å². The van der Waals surface area contributed by atoms with E-state index >= 15 is 0 Å². The van der Waals surface area contributed by atoms with Crippen molar-refractivity contribution in [3.05, 3.63) is 188 Å². The molecule has 0 saturated heterocycles. The number of benzene rings is 8. The molecule has 0 aliphatic carbocycles. The molecule has 0 N–H and O–H groups in total. The van der Waals surface area contributed by atoms with E-state index < -0.39 is 0 Å². The lowest BCUT2D eigenvalue weighted by molar-refractivity contribution is 1.18. The van der Waals surface area contributed by atoms with Crippen molar-refractivity contribution in [3.63, 3.8) is 0 Å². The molecule has 256 valence electrons. The summed E-state index contributed by atoms with van der Waals surface area (Å²) in [6, 6.07) is 66.9. The minimum atomic E-state index is 0.701. The Bertz CT molecular complexity index is 3260. The third kappa shape index (κ3) is 5.54. The topological polar surface area (TPSA) is 38.7 Å². The summed E-state index contributed by atoms with van der Waals surface area (Å²) in [6.45, 7) is 0. The molecular formula is C51H31N3S. The highest BCUT2D eigenvalue weighted by molar-refractivity contribution is 7.25. The molecule has 0 aliphatic heterocycles. The first-order chi connectivity index (χ1) is 27.2. The molecular weight excluding hydrogens is 687 g/mol. The van der Waals surface area contributed by atoms with E-state index in [-0.39, 0.29) is 0 Å². The van der Waals surface area contributed by atoms with E-state index in [4.69, 9.17) is 15.0 Å². The van der Waals surface area contributed by atoms with Gasteiger partial charge in [0.15, 0.2) is 5.82 Å². The summed E-state index contributed by atoms with van der Waals surface area (Å²) in [6.07, 6.45) is 0. The number of fused-ring (bicyclic) bond motifs is 7. The first kappa shape index (κ1) is 31.5. The molecule has 8 aromatic carbocycles. The van der Waals surface area contributed by atoms with Gasteiger partial charge in [-0.1, -0.05) is 146 Å². The molecule has 0 spiro atoms. The van der Waals surface area contributed by atoms with Crippen LogP contribution in [0, 0.1) is 0 Å². The molecule has 0 fully saturated rings. The van der Waals surface area contributed by atoms with Crippen LogP contribution in [0.4, 0.5) is 0 Å². The summed E-state index contributed by atoms with van der Waals surface area (Å²) < 4.78 is 2.47. The van der Waals surface area contributed by atoms with Crippen LogP contribution in [0.5, 0.6) is 0 Å². The van der Waals surface area contributed by atoms with Gasteiger partial charge >= 0.3 is 0 Å². The quantitative estimate of drug-likeness (QED) is 0.166. The molecule has 11 rings (SSSR count). The fourth-order valence-corrected chi connectivity index (χ4v) is 9.00. The summed E-state index contributed by atoms with van der Waals surface area (Å²) in [5.74, 6) is 0.701. The Morgan fingerprint density at radius 2 is 0.964 bits per heavy atom. The average Bonchev–Trinajstić information content (AvgIpc) is 3.62. The number of hydrogen-bond donors (Lipinski definition) is 0. The first-order valence-corrected chi connectivity index (χ1v) is 19.3. The van der Waals surface area contributed by atoms with Gasteiger partial charge < -0.3 is 0 Å². The van der Waals surface area contributed by atoms with Crippen molar-refractivity contribution in [2.45, 2.75) is 0 Å². The zero-order valence-electron chi connectivity index (χ0n) is 29.6. The van der Waals surface area contributed by atoms with Crippen LogP contribution in [-0.4, -0.2) is 15.0 Å². The average molecular weight is 718 g/mol. The van der Waals surface area contributed by atoms with Crippen LogP contribution in [0.1, 0.15) is 0 Å². The molecule has 0 atom stereocenters. The molecule has 0 bridgehead atoms. The van der Waals surface area contributed by atoms with Gasteiger partial charge in [-0.2, -0.15) is 0 Å². The predicted octanol–water partition coefficient (Wildman–Crippen LogP) is 14.0. The highest BCUT2D eigenvalue weighted by Crippen LogP contribution is 2.38. The lowest BCUT2D eigenvalue weighted by atomic mass is 9.92. The molecule has 0 radical (unpaired) electrons. The van der Waals surface area contributed by atoms with Gasteiger partial charge in [-0.3, -0.25) is 0 Å². The molecule has 4 heteroatoms. The molecule has 3 aromatic heterocycles. The molecule has 0 amide bonds. The molecule has 0 unspecified atom stereocenters. The third-order valence-corrected chi connectivity index (χ3v) is 11.8. The number of hydrogen-bond acceptors (Lipinski definition) is 4. The van der Waals surface area contributed by atoms with Gasteiger partial charge in [0.1, 0.15) is 0 Å². The zero-order valence-corrected chi connectivity index (χ0v) is 30.5. The van der Waals surface area contributed by atoms with E-state index in [1.54, 1.807) is 11.3 Å². The Morgan fingerprint density at radius 3 is 1.82 bits per heavy atom. The lowest BCUT2D eigenvalue weighted by Gasteiger charge is -2.13. The van der Waals surface area contributed by atoms with Gasteiger partial charge in [0, 0.05) is 32.2 Å². The fourth-order valence-electron chi connectivity index (χ4n) is 7.91. The second-order valence-corrected chi connectivity index (χ2v) is 15.1. The van der Waals surface area contributed by atoms with Gasteiger partial charge in [-0.25, -0.2) is 15.0 Å². The maximum Gasteiger partial charge on any atom is 0.160 e. The van der Waals surface area contributed by atoms with Crippen molar-refractivity contribution in [1.82, 2.24) is 15.0 Å². The molecule has 0 aliphatic rings. The van der Waals surface area contributed by atoms with Gasteiger partial charge in [0.2, 0.25) is 0 Å². The van der Waals surface area contributed by atoms with Crippen molar-refractivity contribution in [3.8, 4) is 56.2 Å². The standard InChI is InChI=1S/C51H31N3S/c1-2-11-34(12-3-1)51-53-46(33-23-21-32(22-24-33)44-29-37-13-4-5-16-40(37)41-17-6-7-18-42(41)44)31-47(54-51)38-15-10-14-35(27-38)36-25-26-45-39(28-36)30-49-50(52-45)43-19-8-9-20-48(43)55-49/h1-31H. The second kappa shape index (κ2) is 12.8. The van der Waals surface area contributed by atoms with Crippen molar-refractivity contribution in [1.29, 1.82) is 0 Å². The van der Waals surface area contributed by atoms with E-state index in [1.807, 2.05) is 18.2 Å². The Kier molecular flexibility index (Phi) is 7.35. The molecule has 0 saturated carbocycles. The van der Waals surface area contributed by atoms with Crippen LogP contribution >= 0.6 is 11.3 Å². The van der Waals surface area contributed by atoms with Crippen LogP contribution < -0.4 is 0 Å². The van der Waals surface area contributed by atoms with E-state index in [0.29, 0.717) is 5.82 Å². The minimum Gasteiger partial charge on any atom is -0.246 e. The molecule has 11 aromatic rings. The van der Waals surface area contributed by atoms with Crippen molar-refractivity contribution in [2.75, 3.05) is 0 Å². The van der Waals surface area contributed by atoms with E-state index in [2.05, 4.69) is 170 Å². The van der Waals surface area contributed by atoms with Crippen LogP contribution in [0.25, 0.3) is 109 Å². The minimum absolute atomic E-state index is 0.701. The van der Waals surface area contributed by atoms with Gasteiger partial charge in [0.25, 0.3) is 0 Å². The fraction of sp³-hybridized carbons (Fsp3) is 0. The van der Waals surface area contributed by atoms with E-state index in [0.717, 1.165) is 55.6 Å². The summed E-state index contributed by atoms with van der Waals surface area (Å²) in [7, 11) is 0. The Labute approximate surface area is 321 Å². The van der Waals surface area contributed by atoms with Crippen molar-refractivity contribution < 1.29 is 0 Å². The Hall–Kier alpha value is -7.01. The number of aromatic nitrogens is 3. The molecule has 3 heterocycles. The summed E-state index contributed by atoms with van der Waals surface area (Å²) in [5, 5.41) is 7.39. The van der Waals surface area contributed by atoms with Crippen LogP contribution in [0.3, 0.4) is 0 Å². The summed E-state index contributed by atoms with van der Waals surface area (Å²) in [5.41, 5.74) is 11.6. The van der Waals surface area contributed by atoms with Crippen LogP contribution in [-0.2, 0) is 0 Å². The Balaban J connectivity index is 0.993. The number of rotatable bonds is 5. The SMILES string of the molecule is c1ccc(-c2nc(-c3ccc(-c4cc5ccccc5c5ccccc45)cc3)cc(-c3cccc(-c4ccc5nc6c(cc5c4)sc4ccccc46)c3)n2)cc1. The second-order valence-electron chi connectivity index (χ2n) is 14.0. The number of thiophene rings is 1. The lowest BCUT2D eigenvalue weighted by Crippen LogP contribution is -1.96. The monoisotopic (exact) mass is 717 g/mol. The summed E-state index contributed by atoms with van der Waals surface area (Å²) >= 11 is 1.80. The molecule has 55 heavy (non-hydrogen) atoms. The zero-order chi connectivity index (χ0) is 36.3. The maximum absolute atomic E-state index is 5.15. The van der Waals surface area contributed by atoms with Crippen LogP contribution in [0.15, 0.2) is 188 Å². The van der Waals surface area contributed by atoms with Gasteiger partial charge in [-0.15, -0.1) is 11.3 Å². The normalized spacial score (nSPS) is 11.6. The smallest absolute Gasteiger partial charge is 0.160 e. The summed E-state index contributed by atoms with van der Waals surface area (Å²) in [4.78, 5) is 15.4. The number of pyridine rings is 1. The van der Waals surface area contributed by atoms with Crippen LogP contribution in [0.2, 0.25) is 0 Å². The van der Waals surface area contributed by atoms with Crippen molar-refractivity contribution in [2.24, 2.45) is 0 Å². The first-order valence-electron chi connectivity index (χ1n) is 18.5. The van der Waals surface area contributed by atoms with Gasteiger partial charge in [0.05, 0.1) is 27.1 Å². The third-order valence-electron chi connectivity index (χ3n) is 10.7. The Morgan fingerprint density at radius 1 is 0.327 bits per heavy atom. The number of nitrogens with zero attached hydrogens (tertiary/aromatic N) is 3.